The van der Waals surface area contributed by atoms with E-state index >= 15 is 0 Å². The smallest absolute Gasteiger partial charge is 0.362 e. The number of aliphatic carboxylic acids is 1. The van der Waals surface area contributed by atoms with Crippen LogP contribution in [-0.4, -0.2) is 80.6 Å². The molecule has 0 saturated carbocycles. The minimum Gasteiger partial charge on any atom is -0.477 e. The Kier molecular flexibility index (Phi) is 41.3. The Balaban J connectivity index is 4.18. The van der Waals surface area contributed by atoms with E-state index in [9.17, 15) is 19.5 Å². The number of nitrogens with zero attached hydrogens (tertiary/aromatic N) is 1. The molecular weight excluding hydrogens is 739 g/mol. The Hall–Kier alpha value is -1.93. The van der Waals surface area contributed by atoms with E-state index in [4.69, 9.17) is 14.2 Å². The molecule has 1 N–H and O–H groups in total. The van der Waals surface area contributed by atoms with Crippen LogP contribution in [-0.2, 0) is 28.6 Å². The van der Waals surface area contributed by atoms with Crippen LogP contribution in [0.1, 0.15) is 245 Å². The lowest BCUT2D eigenvalue weighted by atomic mass is 10.0. The number of carbonyl (C=O) groups excluding carboxylic acids is 2. The van der Waals surface area contributed by atoms with Gasteiger partial charge in [0.25, 0.3) is 0 Å². The average Bonchev–Trinajstić information content (AvgIpc) is 3.19. The molecule has 2 unspecified atom stereocenters. The molecule has 348 valence electrons. The van der Waals surface area contributed by atoms with Crippen LogP contribution in [0.3, 0.4) is 0 Å². The molecule has 0 heterocycles. The zero-order chi connectivity index (χ0) is 43.5. The van der Waals surface area contributed by atoms with Crippen LogP contribution in [0.25, 0.3) is 0 Å². The molecule has 2 atom stereocenters. The number of carboxylic acid groups (broad SMARTS) is 1. The van der Waals surface area contributed by atoms with E-state index in [-0.39, 0.29) is 36.2 Å². The number of hydrogen-bond acceptors (Lipinski definition) is 6. The molecule has 0 saturated heterocycles. The van der Waals surface area contributed by atoms with Crippen LogP contribution < -0.4 is 0 Å². The lowest BCUT2D eigenvalue weighted by Gasteiger charge is -2.31. The average molecular weight is 837 g/mol. The number of esters is 2. The van der Waals surface area contributed by atoms with Crippen molar-refractivity contribution in [3.8, 4) is 0 Å². The predicted molar refractivity (Wildman–Crippen MR) is 248 cm³/mol. The summed E-state index contributed by atoms with van der Waals surface area (Å²) in [4.78, 5) is 37.1. The fourth-order valence-electron chi connectivity index (χ4n) is 7.74. The second-order valence-corrected chi connectivity index (χ2v) is 18.4. The molecule has 8 nitrogen and oxygen atoms in total. The molecule has 0 rings (SSSR count). The van der Waals surface area contributed by atoms with Gasteiger partial charge in [0, 0.05) is 19.3 Å². The number of unbranched alkanes of at least 4 members (excludes halogenated alkanes) is 30. The van der Waals surface area contributed by atoms with Crippen molar-refractivity contribution >= 4 is 17.9 Å². The summed E-state index contributed by atoms with van der Waals surface area (Å²) in [6.07, 6.45) is 46.9. The first-order chi connectivity index (χ1) is 28.6. The summed E-state index contributed by atoms with van der Waals surface area (Å²) in [6, 6.07) is -0.611. The van der Waals surface area contributed by atoms with Crippen molar-refractivity contribution in [1.29, 1.82) is 0 Å². The van der Waals surface area contributed by atoms with E-state index in [1.165, 1.54) is 173 Å². The lowest BCUT2D eigenvalue weighted by molar-refractivity contribution is -0.887. The van der Waals surface area contributed by atoms with Gasteiger partial charge in [-0.2, -0.15) is 0 Å². The third-order valence-corrected chi connectivity index (χ3v) is 11.7. The van der Waals surface area contributed by atoms with Crippen molar-refractivity contribution in [2.75, 3.05) is 41.0 Å². The van der Waals surface area contributed by atoms with Gasteiger partial charge in [0.2, 0.25) is 0 Å². The highest BCUT2D eigenvalue weighted by molar-refractivity contribution is 5.72. The monoisotopic (exact) mass is 837 g/mol. The highest BCUT2D eigenvalue weighted by Crippen LogP contribution is 2.16. The molecule has 0 aromatic heterocycles. The molecule has 0 aliphatic carbocycles. The van der Waals surface area contributed by atoms with E-state index in [0.29, 0.717) is 19.3 Å². The van der Waals surface area contributed by atoms with Crippen LogP contribution in [0.15, 0.2) is 12.2 Å². The van der Waals surface area contributed by atoms with Crippen LogP contribution >= 0.6 is 0 Å². The molecule has 0 radical (unpaired) electrons. The summed E-state index contributed by atoms with van der Waals surface area (Å²) >= 11 is 0. The van der Waals surface area contributed by atoms with Crippen molar-refractivity contribution < 1.29 is 38.2 Å². The van der Waals surface area contributed by atoms with Crippen molar-refractivity contribution in [3.63, 3.8) is 0 Å². The zero-order valence-electron chi connectivity index (χ0n) is 39.7. The summed E-state index contributed by atoms with van der Waals surface area (Å²) < 4.78 is 17.3. The van der Waals surface area contributed by atoms with Gasteiger partial charge < -0.3 is 23.8 Å². The molecule has 0 aromatic rings. The number of hydrogen-bond donors (Lipinski definition) is 1. The Labute approximate surface area is 365 Å². The van der Waals surface area contributed by atoms with Gasteiger partial charge in [0.15, 0.2) is 12.1 Å². The molecule has 8 heteroatoms. The Bertz CT molecular complexity index is 978. The summed E-state index contributed by atoms with van der Waals surface area (Å²) in [5, 5.41) is 9.64. The van der Waals surface area contributed by atoms with Gasteiger partial charge in [-0.1, -0.05) is 199 Å². The van der Waals surface area contributed by atoms with E-state index in [1.807, 2.05) is 21.1 Å². The van der Waals surface area contributed by atoms with E-state index in [0.717, 1.165) is 38.5 Å². The van der Waals surface area contributed by atoms with E-state index in [2.05, 4.69) is 26.0 Å². The van der Waals surface area contributed by atoms with Crippen molar-refractivity contribution in [1.82, 2.24) is 0 Å². The van der Waals surface area contributed by atoms with E-state index in [1.54, 1.807) is 0 Å². The molecule has 0 spiro atoms. The van der Waals surface area contributed by atoms with Gasteiger partial charge in [-0.3, -0.25) is 9.59 Å². The van der Waals surface area contributed by atoms with Crippen molar-refractivity contribution in [3.05, 3.63) is 12.2 Å². The van der Waals surface area contributed by atoms with Gasteiger partial charge in [0.1, 0.15) is 6.61 Å². The number of carbonyl (C=O) groups is 3. The van der Waals surface area contributed by atoms with Gasteiger partial charge in [-0.25, -0.2) is 4.79 Å². The molecule has 0 aliphatic rings. The maximum Gasteiger partial charge on any atom is 0.362 e. The van der Waals surface area contributed by atoms with Gasteiger partial charge in [-0.05, 0) is 38.5 Å². The minimum absolute atomic E-state index is 0.0470. The summed E-state index contributed by atoms with van der Waals surface area (Å²) in [7, 11) is 5.54. The highest BCUT2D eigenvalue weighted by Gasteiger charge is 2.31. The zero-order valence-corrected chi connectivity index (χ0v) is 39.7. The second kappa shape index (κ2) is 42.7. The summed E-state index contributed by atoms with van der Waals surface area (Å²) in [6.45, 7) is 4.77. The number of rotatable bonds is 46. The lowest BCUT2D eigenvalue weighted by Crippen LogP contribution is -2.50. The number of ether oxygens (including phenoxy) is 3. The number of carboxylic acids is 1. The fraction of sp³-hybridized carbons (Fsp3) is 0.902. The van der Waals surface area contributed by atoms with Crippen LogP contribution in [0, 0.1) is 0 Å². The van der Waals surface area contributed by atoms with Gasteiger partial charge in [0.05, 0.1) is 34.4 Å². The fourth-order valence-corrected chi connectivity index (χ4v) is 7.74. The Morgan fingerprint density at radius 3 is 1.22 bits per heavy atom. The maximum absolute atomic E-state index is 12.7. The molecule has 0 aliphatic heterocycles. The highest BCUT2D eigenvalue weighted by atomic mass is 16.6. The maximum atomic E-state index is 12.7. The molecule has 0 amide bonds. The van der Waals surface area contributed by atoms with Crippen molar-refractivity contribution in [2.45, 2.75) is 257 Å². The van der Waals surface area contributed by atoms with Crippen LogP contribution in [0.4, 0.5) is 0 Å². The first-order valence-corrected chi connectivity index (χ1v) is 25.2. The normalized spacial score (nSPS) is 12.9. The third kappa shape index (κ3) is 41.2. The van der Waals surface area contributed by atoms with E-state index < -0.39 is 18.1 Å². The SMILES string of the molecule is CCCCCCCCCCCCC/C=C/CCCCCCCCCC(=O)OCC(COCCC(C(=O)O)[N+](C)(C)C)OC(=O)CCCCCCCCCCCCCCC. The third-order valence-electron chi connectivity index (χ3n) is 11.7. The topological polar surface area (TPSA) is 99.1 Å². The number of likely N-dealkylation sites (N-methyl/N-ethyl adjacent to an activating group) is 1. The van der Waals surface area contributed by atoms with Crippen LogP contribution in [0.5, 0.6) is 0 Å². The Morgan fingerprint density at radius 2 is 0.847 bits per heavy atom. The minimum atomic E-state index is -0.872. The first kappa shape index (κ1) is 57.1. The van der Waals surface area contributed by atoms with Gasteiger partial charge in [-0.15, -0.1) is 0 Å². The first-order valence-electron chi connectivity index (χ1n) is 25.2. The quantitative estimate of drug-likeness (QED) is 0.0282. The Morgan fingerprint density at radius 1 is 0.492 bits per heavy atom. The molecular formula is C51H98NO7+. The standard InChI is InChI=1S/C51H97NO7/c1-6-8-10-12-14-16-18-20-21-22-23-24-25-26-27-28-30-31-33-35-37-39-41-49(53)58-46-47(45-57-44-43-48(51(55)56)52(3,4)5)59-50(54)42-40-38-36-34-32-29-19-17-15-13-11-9-7-2/h25-26,47-48H,6-24,27-46H2,1-5H3/p+1/b26-25+. The van der Waals surface area contributed by atoms with Crippen molar-refractivity contribution in [2.24, 2.45) is 0 Å². The van der Waals surface area contributed by atoms with Crippen LogP contribution in [0.2, 0.25) is 0 Å². The number of quaternary nitrogens is 1. The predicted octanol–water partition coefficient (Wildman–Crippen LogP) is 14.3. The number of allylic oxidation sites excluding steroid dienone is 2. The summed E-state index contributed by atoms with van der Waals surface area (Å²) in [5.41, 5.74) is 0. The summed E-state index contributed by atoms with van der Waals surface area (Å²) in [5.74, 6) is -1.45. The van der Waals surface area contributed by atoms with Gasteiger partial charge >= 0.3 is 17.9 Å². The molecule has 0 aromatic carbocycles. The molecule has 0 fully saturated rings. The second-order valence-electron chi connectivity index (χ2n) is 18.4. The largest absolute Gasteiger partial charge is 0.477 e. The molecule has 59 heavy (non-hydrogen) atoms. The molecule has 0 bridgehead atoms.